The minimum atomic E-state index is -4.64. The van der Waals surface area contributed by atoms with E-state index in [1.807, 2.05) is 0 Å². The fourth-order valence-electron chi connectivity index (χ4n) is 1.32. The maximum atomic E-state index is 12.5. The highest BCUT2D eigenvalue weighted by Crippen LogP contribution is 2.30. The van der Waals surface area contributed by atoms with Gasteiger partial charge in [0.05, 0.1) is 17.6 Å². The normalized spacial score (nSPS) is 13.8. The molecule has 0 saturated carbocycles. The maximum absolute atomic E-state index is 12.5. The molecule has 1 N–H and O–H groups in total. The van der Waals surface area contributed by atoms with Gasteiger partial charge in [0.25, 0.3) is 0 Å². The molecular formula is C11H11F3INO4S. The van der Waals surface area contributed by atoms with E-state index in [9.17, 15) is 26.4 Å². The fraction of sp³-hybridized carbons (Fsp3) is 0.364. The molecule has 0 fully saturated rings. The van der Waals surface area contributed by atoms with E-state index in [1.165, 1.54) is 0 Å². The Kier molecular flexibility index (Phi) is 5.99. The molecule has 10 heteroatoms. The number of carbonyl (C=O) groups excluding carboxylic acids is 1. The average molecular weight is 437 g/mol. The van der Waals surface area contributed by atoms with Crippen LogP contribution in [0.25, 0.3) is 0 Å². The summed E-state index contributed by atoms with van der Waals surface area (Å²) in [5, 5.41) is 0. The first-order valence-corrected chi connectivity index (χ1v) is 8.19. The van der Waals surface area contributed by atoms with Crippen molar-refractivity contribution in [3.05, 3.63) is 29.8 Å². The van der Waals surface area contributed by atoms with Crippen LogP contribution in [0.5, 0.6) is 0 Å². The molecule has 0 aromatic heterocycles. The molecule has 118 valence electrons. The van der Waals surface area contributed by atoms with Crippen LogP contribution in [-0.4, -0.2) is 32.0 Å². The number of methoxy groups -OCH3 is 1. The number of carbonyl (C=O) groups is 1. The third kappa shape index (κ3) is 5.11. The van der Waals surface area contributed by atoms with Crippen molar-refractivity contribution in [2.45, 2.75) is 15.0 Å². The number of ether oxygens (including phenoxy) is 1. The summed E-state index contributed by atoms with van der Waals surface area (Å²) in [5.74, 6) is -0.637. The number of nitrogens with one attached hydrogen (secondary N) is 1. The van der Waals surface area contributed by atoms with E-state index < -0.39 is 36.6 Å². The van der Waals surface area contributed by atoms with Gasteiger partial charge >= 0.3 is 12.1 Å². The van der Waals surface area contributed by atoms with Crippen molar-refractivity contribution in [2.24, 2.45) is 0 Å². The van der Waals surface area contributed by atoms with Gasteiger partial charge in [0.1, 0.15) is 3.92 Å². The van der Waals surface area contributed by atoms with E-state index in [4.69, 9.17) is 0 Å². The molecule has 0 aliphatic rings. The monoisotopic (exact) mass is 437 g/mol. The largest absolute Gasteiger partial charge is 0.468 e. The highest BCUT2D eigenvalue weighted by atomic mass is 127. The van der Waals surface area contributed by atoms with E-state index in [2.05, 4.69) is 9.46 Å². The Hall–Kier alpha value is -0.880. The molecule has 0 saturated heterocycles. The summed E-state index contributed by atoms with van der Waals surface area (Å²) in [7, 11) is -2.99. The van der Waals surface area contributed by atoms with E-state index in [0.717, 1.165) is 25.3 Å². The summed E-state index contributed by atoms with van der Waals surface area (Å²) in [6, 6.07) is 3.34. The Morgan fingerprint density at radius 3 is 2.57 bits per heavy atom. The molecular weight excluding hydrogens is 426 g/mol. The van der Waals surface area contributed by atoms with Crippen molar-refractivity contribution in [1.29, 1.82) is 0 Å². The summed E-state index contributed by atoms with van der Waals surface area (Å²) < 4.78 is 67.1. The Balaban J connectivity index is 2.91. The molecule has 0 spiro atoms. The fourth-order valence-corrected chi connectivity index (χ4v) is 3.18. The van der Waals surface area contributed by atoms with E-state index in [0.29, 0.717) is 6.07 Å². The molecule has 1 unspecified atom stereocenters. The lowest BCUT2D eigenvalue weighted by atomic mass is 10.2. The second kappa shape index (κ2) is 6.92. The second-order valence-electron chi connectivity index (χ2n) is 3.87. The van der Waals surface area contributed by atoms with Crippen molar-refractivity contribution in [3.8, 4) is 0 Å². The number of alkyl halides is 4. The number of halogens is 4. The third-order valence-electron chi connectivity index (χ3n) is 2.38. The number of hydrogen-bond donors (Lipinski definition) is 1. The van der Waals surface area contributed by atoms with Crippen molar-refractivity contribution in [1.82, 2.24) is 4.72 Å². The van der Waals surface area contributed by atoms with Crippen LogP contribution < -0.4 is 4.72 Å². The predicted molar refractivity (Wildman–Crippen MR) is 76.5 cm³/mol. The molecule has 1 atom stereocenters. The number of benzene rings is 1. The summed E-state index contributed by atoms with van der Waals surface area (Å²) in [5.41, 5.74) is -1.07. The average Bonchev–Trinajstić information content (AvgIpc) is 2.43. The Morgan fingerprint density at radius 2 is 2.05 bits per heavy atom. The minimum absolute atomic E-state index is 0.286. The second-order valence-corrected chi connectivity index (χ2v) is 7.14. The number of rotatable bonds is 5. The number of hydrogen-bond acceptors (Lipinski definition) is 4. The van der Waals surface area contributed by atoms with Crippen LogP contribution >= 0.6 is 22.6 Å². The Bertz CT molecular complexity index is 618. The van der Waals surface area contributed by atoms with Gasteiger partial charge in [0.15, 0.2) is 0 Å². The lowest BCUT2D eigenvalue weighted by Crippen LogP contribution is -2.34. The molecule has 0 radical (unpaired) electrons. The van der Waals surface area contributed by atoms with Crippen LogP contribution in [0, 0.1) is 0 Å². The first kappa shape index (κ1) is 18.2. The van der Waals surface area contributed by atoms with Gasteiger partial charge in [-0.3, -0.25) is 4.79 Å². The molecule has 1 rings (SSSR count). The zero-order chi connectivity index (χ0) is 16.3. The van der Waals surface area contributed by atoms with Gasteiger partial charge in [-0.25, -0.2) is 13.1 Å². The molecule has 1 aromatic carbocycles. The Morgan fingerprint density at radius 1 is 1.43 bits per heavy atom. The van der Waals surface area contributed by atoms with Gasteiger partial charge in [0.2, 0.25) is 10.0 Å². The lowest BCUT2D eigenvalue weighted by molar-refractivity contribution is -0.139. The molecule has 1 aromatic rings. The van der Waals surface area contributed by atoms with Crippen LogP contribution in [0.1, 0.15) is 5.56 Å². The van der Waals surface area contributed by atoms with Gasteiger partial charge < -0.3 is 4.74 Å². The van der Waals surface area contributed by atoms with E-state index in [1.54, 1.807) is 22.6 Å². The van der Waals surface area contributed by atoms with Crippen molar-refractivity contribution >= 4 is 38.6 Å². The number of sulfonamides is 1. The summed E-state index contributed by atoms with van der Waals surface area (Å²) >= 11 is 1.67. The van der Waals surface area contributed by atoms with Crippen LogP contribution in [-0.2, 0) is 25.7 Å². The molecule has 5 nitrogen and oxygen atoms in total. The molecule has 0 heterocycles. The highest BCUT2D eigenvalue weighted by Gasteiger charge is 2.31. The third-order valence-corrected chi connectivity index (χ3v) is 4.75. The highest BCUT2D eigenvalue weighted by molar-refractivity contribution is 14.1. The predicted octanol–water partition coefficient (Wildman–Crippen LogP) is 1.96. The number of esters is 1. The van der Waals surface area contributed by atoms with E-state index in [-0.39, 0.29) is 6.54 Å². The SMILES string of the molecule is COC(=O)C(I)CNS(=O)(=O)c1cccc(C(F)(F)F)c1. The van der Waals surface area contributed by atoms with Gasteiger partial charge in [0, 0.05) is 6.54 Å². The lowest BCUT2D eigenvalue weighted by Gasteiger charge is -2.12. The topological polar surface area (TPSA) is 72.5 Å². The van der Waals surface area contributed by atoms with Crippen molar-refractivity contribution < 1.29 is 31.1 Å². The van der Waals surface area contributed by atoms with Crippen LogP contribution in [0.4, 0.5) is 13.2 Å². The molecule has 0 bridgehead atoms. The summed E-state index contributed by atoms with van der Waals surface area (Å²) in [4.78, 5) is 10.6. The van der Waals surface area contributed by atoms with Crippen LogP contribution in [0.2, 0.25) is 0 Å². The quantitative estimate of drug-likeness (QED) is 0.435. The van der Waals surface area contributed by atoms with Gasteiger partial charge in [-0.1, -0.05) is 28.7 Å². The smallest absolute Gasteiger partial charge is 0.416 e. The van der Waals surface area contributed by atoms with Crippen molar-refractivity contribution in [3.63, 3.8) is 0 Å². The Labute approximate surface area is 133 Å². The maximum Gasteiger partial charge on any atom is 0.416 e. The van der Waals surface area contributed by atoms with Gasteiger partial charge in [-0.05, 0) is 18.2 Å². The minimum Gasteiger partial charge on any atom is -0.468 e. The zero-order valence-electron chi connectivity index (χ0n) is 10.6. The summed E-state index contributed by atoms with van der Waals surface area (Å²) in [6.07, 6.45) is -4.64. The van der Waals surface area contributed by atoms with Gasteiger partial charge in [-0.2, -0.15) is 13.2 Å². The van der Waals surface area contributed by atoms with E-state index >= 15 is 0 Å². The standard InChI is InChI=1S/C11H11F3INO4S/c1-20-10(17)9(15)6-16-21(18,19)8-4-2-3-7(5-8)11(12,13)14/h2-5,9,16H,6H2,1H3. The molecule has 0 aliphatic heterocycles. The molecule has 21 heavy (non-hydrogen) atoms. The first-order chi connectivity index (χ1) is 9.58. The molecule has 0 amide bonds. The van der Waals surface area contributed by atoms with Gasteiger partial charge in [-0.15, -0.1) is 0 Å². The molecule has 0 aliphatic carbocycles. The van der Waals surface area contributed by atoms with Crippen LogP contribution in [0.15, 0.2) is 29.2 Å². The van der Waals surface area contributed by atoms with Crippen molar-refractivity contribution in [2.75, 3.05) is 13.7 Å². The zero-order valence-corrected chi connectivity index (χ0v) is 13.6. The first-order valence-electron chi connectivity index (χ1n) is 5.47. The van der Waals surface area contributed by atoms with Crippen LogP contribution in [0.3, 0.4) is 0 Å². The summed E-state index contributed by atoms with van der Waals surface area (Å²) in [6.45, 7) is -0.286.